The average Bonchev–Trinajstić information content (AvgIpc) is 2.72. The molecule has 2 fully saturated rings. The van der Waals surface area contributed by atoms with Crippen molar-refractivity contribution in [3.63, 3.8) is 0 Å². The molecule has 2 unspecified atom stereocenters. The highest BCUT2D eigenvalue weighted by Gasteiger charge is 2.36. The molecule has 0 spiro atoms. The summed E-state index contributed by atoms with van der Waals surface area (Å²) in [6.45, 7) is 1.12. The van der Waals surface area contributed by atoms with E-state index in [1.807, 2.05) is 6.20 Å². The summed E-state index contributed by atoms with van der Waals surface area (Å²) in [5.41, 5.74) is 0. The first-order valence-electron chi connectivity index (χ1n) is 6.09. The van der Waals surface area contributed by atoms with E-state index < -0.39 is 0 Å². The number of hydrogen-bond acceptors (Lipinski definition) is 3. The summed E-state index contributed by atoms with van der Waals surface area (Å²) in [4.78, 5) is 10.9. The van der Waals surface area contributed by atoms with Crippen molar-refractivity contribution in [1.29, 1.82) is 0 Å². The van der Waals surface area contributed by atoms with Crippen molar-refractivity contribution in [3.8, 4) is 0 Å². The number of hydrogen-bond donors (Lipinski definition) is 0. The minimum atomic E-state index is 0.497. The Morgan fingerprint density at radius 3 is 2.94 bits per heavy atom. The summed E-state index contributed by atoms with van der Waals surface area (Å²) in [5.74, 6) is 1.83. The summed E-state index contributed by atoms with van der Waals surface area (Å²) in [5, 5.41) is 0.497. The van der Waals surface area contributed by atoms with Crippen molar-refractivity contribution in [2.24, 2.45) is 5.92 Å². The van der Waals surface area contributed by atoms with Gasteiger partial charge in [0.2, 0.25) is 0 Å². The van der Waals surface area contributed by atoms with E-state index in [1.165, 1.54) is 32.1 Å². The molecule has 0 bridgehead atoms. The van der Waals surface area contributed by atoms with Crippen LogP contribution >= 0.6 is 11.6 Å². The molecule has 0 radical (unpaired) electrons. The van der Waals surface area contributed by atoms with Crippen LogP contribution in [0, 0.1) is 5.92 Å². The van der Waals surface area contributed by atoms with Crippen LogP contribution in [0.4, 0.5) is 5.82 Å². The second-order valence-corrected chi connectivity index (χ2v) is 5.18. The number of fused-ring (bicyclic) bond motifs is 1. The maximum Gasteiger partial charge on any atom is 0.149 e. The first-order chi connectivity index (χ1) is 7.84. The van der Waals surface area contributed by atoms with Gasteiger partial charge in [-0.1, -0.05) is 24.4 Å². The van der Waals surface area contributed by atoms with Gasteiger partial charge in [-0.15, -0.1) is 0 Å². The molecule has 3 rings (SSSR count). The molecule has 1 saturated heterocycles. The van der Waals surface area contributed by atoms with Gasteiger partial charge in [0.15, 0.2) is 0 Å². The molecule has 1 aromatic heterocycles. The first kappa shape index (κ1) is 10.3. The lowest BCUT2D eigenvalue weighted by molar-refractivity contribution is 0.341. The molecule has 2 aliphatic rings. The van der Waals surface area contributed by atoms with Crippen molar-refractivity contribution in [3.05, 3.63) is 17.5 Å². The van der Waals surface area contributed by atoms with Crippen LogP contribution in [-0.2, 0) is 0 Å². The van der Waals surface area contributed by atoms with Gasteiger partial charge in [-0.25, -0.2) is 4.98 Å². The Morgan fingerprint density at radius 1 is 1.19 bits per heavy atom. The molecule has 1 aliphatic carbocycles. The van der Waals surface area contributed by atoms with Crippen LogP contribution in [0.3, 0.4) is 0 Å². The van der Waals surface area contributed by atoms with Crippen LogP contribution in [0.1, 0.15) is 32.1 Å². The predicted octanol–water partition coefficient (Wildman–Crippen LogP) is 2.90. The highest BCUT2D eigenvalue weighted by Crippen LogP contribution is 2.38. The van der Waals surface area contributed by atoms with Gasteiger partial charge >= 0.3 is 0 Å². The largest absolute Gasteiger partial charge is 0.352 e. The fourth-order valence-electron chi connectivity index (χ4n) is 3.16. The second-order valence-electron chi connectivity index (χ2n) is 4.79. The van der Waals surface area contributed by atoms with E-state index in [9.17, 15) is 0 Å². The van der Waals surface area contributed by atoms with Gasteiger partial charge < -0.3 is 4.90 Å². The van der Waals surface area contributed by atoms with Crippen LogP contribution in [0.25, 0.3) is 0 Å². The van der Waals surface area contributed by atoms with Gasteiger partial charge in [-0.2, -0.15) is 0 Å². The molecule has 1 aromatic rings. The maximum absolute atomic E-state index is 5.90. The second kappa shape index (κ2) is 4.21. The molecule has 2 heterocycles. The van der Waals surface area contributed by atoms with E-state index in [4.69, 9.17) is 11.6 Å². The van der Waals surface area contributed by atoms with Crippen LogP contribution in [0.5, 0.6) is 0 Å². The smallest absolute Gasteiger partial charge is 0.149 e. The Bertz CT molecular complexity index is 382. The van der Waals surface area contributed by atoms with Gasteiger partial charge in [0, 0.05) is 12.6 Å². The Balaban J connectivity index is 1.85. The summed E-state index contributed by atoms with van der Waals surface area (Å²) < 4.78 is 0. The molecule has 16 heavy (non-hydrogen) atoms. The zero-order valence-corrected chi connectivity index (χ0v) is 10.0. The monoisotopic (exact) mass is 237 g/mol. The number of anilines is 1. The molecule has 0 amide bonds. The highest BCUT2D eigenvalue weighted by atomic mass is 35.5. The number of aromatic nitrogens is 2. The van der Waals surface area contributed by atoms with E-state index in [-0.39, 0.29) is 0 Å². The quantitative estimate of drug-likeness (QED) is 0.752. The van der Waals surface area contributed by atoms with Gasteiger partial charge in [0.1, 0.15) is 11.0 Å². The summed E-state index contributed by atoms with van der Waals surface area (Å²) in [6, 6.07) is 0.682. The summed E-state index contributed by atoms with van der Waals surface area (Å²) >= 11 is 5.90. The Hall–Kier alpha value is -0.830. The van der Waals surface area contributed by atoms with Crippen molar-refractivity contribution in [2.45, 2.75) is 38.1 Å². The first-order valence-corrected chi connectivity index (χ1v) is 6.46. The maximum atomic E-state index is 5.90. The topological polar surface area (TPSA) is 29.0 Å². The SMILES string of the molecule is Clc1cncc(N2CCC3CCCCC32)n1. The highest BCUT2D eigenvalue weighted by molar-refractivity contribution is 6.29. The van der Waals surface area contributed by atoms with E-state index in [2.05, 4.69) is 14.9 Å². The van der Waals surface area contributed by atoms with Crippen LogP contribution in [0.15, 0.2) is 12.4 Å². The molecule has 0 aromatic carbocycles. The third-order valence-electron chi connectivity index (χ3n) is 3.90. The molecule has 1 aliphatic heterocycles. The molecule has 86 valence electrons. The summed E-state index contributed by atoms with van der Waals surface area (Å²) in [6.07, 6.45) is 10.2. The Labute approximate surface area is 101 Å². The molecule has 4 heteroatoms. The number of halogens is 1. The van der Waals surface area contributed by atoms with Gasteiger partial charge in [0.25, 0.3) is 0 Å². The fraction of sp³-hybridized carbons (Fsp3) is 0.667. The minimum Gasteiger partial charge on any atom is -0.352 e. The number of rotatable bonds is 1. The third kappa shape index (κ3) is 1.77. The lowest BCUT2D eigenvalue weighted by atomic mass is 9.85. The van der Waals surface area contributed by atoms with E-state index in [0.29, 0.717) is 11.2 Å². The van der Waals surface area contributed by atoms with E-state index >= 15 is 0 Å². The molecule has 3 nitrogen and oxygen atoms in total. The van der Waals surface area contributed by atoms with Crippen molar-refractivity contribution < 1.29 is 0 Å². The molecule has 0 N–H and O–H groups in total. The van der Waals surface area contributed by atoms with E-state index in [0.717, 1.165) is 18.3 Å². The minimum absolute atomic E-state index is 0.497. The average molecular weight is 238 g/mol. The molecule has 2 atom stereocenters. The van der Waals surface area contributed by atoms with Gasteiger partial charge in [-0.3, -0.25) is 4.98 Å². The predicted molar refractivity (Wildman–Crippen MR) is 64.8 cm³/mol. The standard InChI is InChI=1S/C12H16ClN3/c13-11-7-14-8-12(15-11)16-6-5-9-3-1-2-4-10(9)16/h7-10H,1-6H2. The van der Waals surface area contributed by atoms with Crippen molar-refractivity contribution in [2.75, 3.05) is 11.4 Å². The Kier molecular flexibility index (Phi) is 2.72. The van der Waals surface area contributed by atoms with Crippen molar-refractivity contribution >= 4 is 17.4 Å². The molecular formula is C12H16ClN3. The normalized spacial score (nSPS) is 29.2. The molecule has 1 saturated carbocycles. The van der Waals surface area contributed by atoms with Crippen molar-refractivity contribution in [1.82, 2.24) is 9.97 Å². The van der Waals surface area contributed by atoms with Gasteiger partial charge in [0.05, 0.1) is 12.4 Å². The van der Waals surface area contributed by atoms with E-state index in [1.54, 1.807) is 6.20 Å². The lowest BCUT2D eigenvalue weighted by Crippen LogP contribution is -2.35. The van der Waals surface area contributed by atoms with Crippen LogP contribution in [-0.4, -0.2) is 22.6 Å². The number of nitrogens with zero attached hydrogens (tertiary/aromatic N) is 3. The van der Waals surface area contributed by atoms with Crippen LogP contribution < -0.4 is 4.90 Å². The van der Waals surface area contributed by atoms with Crippen LogP contribution in [0.2, 0.25) is 5.15 Å². The lowest BCUT2D eigenvalue weighted by Gasteiger charge is -2.32. The zero-order chi connectivity index (χ0) is 11.0. The molecular weight excluding hydrogens is 222 g/mol. The summed E-state index contributed by atoms with van der Waals surface area (Å²) in [7, 11) is 0. The third-order valence-corrected chi connectivity index (χ3v) is 4.08. The Morgan fingerprint density at radius 2 is 2.06 bits per heavy atom. The van der Waals surface area contributed by atoms with Gasteiger partial charge in [-0.05, 0) is 25.2 Å². The zero-order valence-electron chi connectivity index (χ0n) is 9.27. The fourth-order valence-corrected chi connectivity index (χ4v) is 3.30.